The third-order valence-corrected chi connectivity index (χ3v) is 4.27. The second-order valence-corrected chi connectivity index (χ2v) is 6.11. The Bertz CT molecular complexity index is 723. The van der Waals surface area contributed by atoms with Crippen molar-refractivity contribution in [3.05, 3.63) is 53.4 Å². The number of anilines is 1. The van der Waals surface area contributed by atoms with E-state index in [-0.39, 0.29) is 5.69 Å². The van der Waals surface area contributed by atoms with E-state index in [4.69, 9.17) is 4.74 Å². The first-order valence-corrected chi connectivity index (χ1v) is 8.39. The zero-order valence-electron chi connectivity index (χ0n) is 14.1. The fourth-order valence-electron chi connectivity index (χ4n) is 2.93. The van der Waals surface area contributed by atoms with E-state index < -0.39 is 17.8 Å². The van der Waals surface area contributed by atoms with E-state index in [0.29, 0.717) is 19.6 Å². The molecular formula is C18H20F3N3O2. The molecule has 0 aromatic heterocycles. The molecule has 0 radical (unpaired) electrons. The van der Waals surface area contributed by atoms with Crippen LogP contribution in [0.25, 0.3) is 0 Å². The van der Waals surface area contributed by atoms with Gasteiger partial charge in [0.05, 0.1) is 18.8 Å². The number of hydrogen-bond donors (Lipinski definition) is 2. The SMILES string of the molecule is O=C(NC1=CC=C(N2CCOCC2)CC1)Nc1cccc(C(F)(F)F)c1. The Morgan fingerprint density at radius 1 is 1.08 bits per heavy atom. The van der Waals surface area contributed by atoms with Crippen molar-refractivity contribution in [3.63, 3.8) is 0 Å². The summed E-state index contributed by atoms with van der Waals surface area (Å²) in [6.07, 6.45) is 0.824. The molecule has 8 heteroatoms. The summed E-state index contributed by atoms with van der Waals surface area (Å²) in [6.45, 7) is 3.15. The topological polar surface area (TPSA) is 53.6 Å². The number of nitrogens with one attached hydrogen (secondary N) is 2. The van der Waals surface area contributed by atoms with Gasteiger partial charge in [-0.25, -0.2) is 4.79 Å². The highest BCUT2D eigenvalue weighted by molar-refractivity contribution is 5.90. The maximum atomic E-state index is 12.7. The van der Waals surface area contributed by atoms with Gasteiger partial charge in [0, 0.05) is 30.2 Å². The molecule has 1 aromatic carbocycles. The van der Waals surface area contributed by atoms with Gasteiger partial charge in [0.25, 0.3) is 0 Å². The fraction of sp³-hybridized carbons (Fsp3) is 0.389. The number of amides is 2. The van der Waals surface area contributed by atoms with Gasteiger partial charge in [-0.15, -0.1) is 0 Å². The number of ether oxygens (including phenoxy) is 1. The predicted octanol–water partition coefficient (Wildman–Crippen LogP) is 3.72. The quantitative estimate of drug-likeness (QED) is 0.856. The van der Waals surface area contributed by atoms with E-state index >= 15 is 0 Å². The molecule has 1 aromatic rings. The van der Waals surface area contributed by atoms with Gasteiger partial charge in [-0.3, -0.25) is 0 Å². The van der Waals surface area contributed by atoms with E-state index in [2.05, 4.69) is 15.5 Å². The van der Waals surface area contributed by atoms with Gasteiger partial charge in [0.1, 0.15) is 0 Å². The number of nitrogens with zero attached hydrogens (tertiary/aromatic N) is 1. The smallest absolute Gasteiger partial charge is 0.378 e. The molecule has 3 rings (SSSR count). The molecule has 1 saturated heterocycles. The number of morpholine rings is 1. The Morgan fingerprint density at radius 3 is 2.50 bits per heavy atom. The number of allylic oxidation sites excluding steroid dienone is 4. The normalized spacial score (nSPS) is 18.0. The van der Waals surface area contributed by atoms with Crippen molar-refractivity contribution in [1.82, 2.24) is 10.2 Å². The molecule has 1 heterocycles. The van der Waals surface area contributed by atoms with E-state index in [9.17, 15) is 18.0 Å². The highest BCUT2D eigenvalue weighted by Gasteiger charge is 2.30. The summed E-state index contributed by atoms with van der Waals surface area (Å²) in [5.41, 5.74) is 1.23. The van der Waals surface area contributed by atoms with Crippen LogP contribution in [0.1, 0.15) is 18.4 Å². The third kappa shape index (κ3) is 4.78. The van der Waals surface area contributed by atoms with Crippen LogP contribution < -0.4 is 10.6 Å². The van der Waals surface area contributed by atoms with Gasteiger partial charge >= 0.3 is 12.2 Å². The van der Waals surface area contributed by atoms with Gasteiger partial charge in [-0.2, -0.15) is 13.2 Å². The lowest BCUT2D eigenvalue weighted by atomic mass is 10.1. The van der Waals surface area contributed by atoms with Crippen molar-refractivity contribution in [1.29, 1.82) is 0 Å². The molecule has 0 bridgehead atoms. The number of alkyl halides is 3. The van der Waals surface area contributed by atoms with E-state index in [1.165, 1.54) is 17.8 Å². The lowest BCUT2D eigenvalue weighted by Gasteiger charge is -2.32. The number of benzene rings is 1. The first-order valence-electron chi connectivity index (χ1n) is 8.39. The average Bonchev–Trinajstić information content (AvgIpc) is 2.62. The standard InChI is InChI=1S/C18H20F3N3O2/c19-18(20,21)13-2-1-3-15(12-13)23-17(25)22-14-4-6-16(7-5-14)24-8-10-26-11-9-24/h1-4,6,12H,5,7-11H2,(H2,22,23,25). The Labute approximate surface area is 149 Å². The first-order chi connectivity index (χ1) is 12.4. The molecule has 0 saturated carbocycles. The molecule has 2 amide bonds. The molecule has 5 nitrogen and oxygen atoms in total. The molecule has 2 aliphatic rings. The zero-order valence-corrected chi connectivity index (χ0v) is 14.1. The highest BCUT2D eigenvalue weighted by Crippen LogP contribution is 2.30. The number of carbonyl (C=O) groups excluding carboxylic acids is 1. The van der Waals surface area contributed by atoms with Crippen molar-refractivity contribution in [3.8, 4) is 0 Å². The van der Waals surface area contributed by atoms with Crippen LogP contribution in [-0.2, 0) is 10.9 Å². The third-order valence-electron chi connectivity index (χ3n) is 4.27. The molecule has 0 spiro atoms. The van der Waals surface area contributed by atoms with Crippen LogP contribution in [0.2, 0.25) is 0 Å². The van der Waals surface area contributed by atoms with Crippen molar-refractivity contribution in [2.45, 2.75) is 19.0 Å². The van der Waals surface area contributed by atoms with Crippen LogP contribution in [-0.4, -0.2) is 37.2 Å². The number of halogens is 3. The first kappa shape index (κ1) is 18.3. The summed E-state index contributed by atoms with van der Waals surface area (Å²) in [6, 6.07) is 3.99. The van der Waals surface area contributed by atoms with Crippen LogP contribution in [0.15, 0.2) is 47.8 Å². The summed E-state index contributed by atoms with van der Waals surface area (Å²) >= 11 is 0. The predicted molar refractivity (Wildman–Crippen MR) is 91.4 cm³/mol. The van der Waals surface area contributed by atoms with Crippen molar-refractivity contribution in [2.75, 3.05) is 31.6 Å². The van der Waals surface area contributed by atoms with E-state index in [1.54, 1.807) is 0 Å². The average molecular weight is 367 g/mol. The van der Waals surface area contributed by atoms with Gasteiger partial charge in [0.2, 0.25) is 0 Å². The summed E-state index contributed by atoms with van der Waals surface area (Å²) in [7, 11) is 0. The largest absolute Gasteiger partial charge is 0.416 e. The van der Waals surface area contributed by atoms with Crippen molar-refractivity contribution < 1.29 is 22.7 Å². The number of hydrogen-bond acceptors (Lipinski definition) is 3. The molecule has 1 aliphatic carbocycles. The molecule has 140 valence electrons. The van der Waals surface area contributed by atoms with Gasteiger partial charge < -0.3 is 20.3 Å². The zero-order chi connectivity index (χ0) is 18.6. The van der Waals surface area contributed by atoms with Crippen LogP contribution in [0, 0.1) is 0 Å². The number of urea groups is 1. The molecular weight excluding hydrogens is 347 g/mol. The molecule has 1 aliphatic heterocycles. The Hall–Kier alpha value is -2.48. The Morgan fingerprint density at radius 2 is 1.85 bits per heavy atom. The summed E-state index contributed by atoms with van der Waals surface area (Å²) in [4.78, 5) is 14.3. The number of carbonyl (C=O) groups is 1. The van der Waals surface area contributed by atoms with Gasteiger partial charge in [-0.05, 0) is 43.2 Å². The lowest BCUT2D eigenvalue weighted by molar-refractivity contribution is -0.137. The molecule has 2 N–H and O–H groups in total. The van der Waals surface area contributed by atoms with Crippen molar-refractivity contribution >= 4 is 11.7 Å². The minimum absolute atomic E-state index is 0.0956. The second kappa shape index (κ2) is 7.82. The Kier molecular flexibility index (Phi) is 5.51. The van der Waals surface area contributed by atoms with Crippen LogP contribution >= 0.6 is 0 Å². The maximum Gasteiger partial charge on any atom is 0.416 e. The molecule has 1 fully saturated rings. The van der Waals surface area contributed by atoms with Gasteiger partial charge in [0.15, 0.2) is 0 Å². The van der Waals surface area contributed by atoms with Gasteiger partial charge in [-0.1, -0.05) is 6.07 Å². The van der Waals surface area contributed by atoms with Crippen LogP contribution in [0.5, 0.6) is 0 Å². The van der Waals surface area contributed by atoms with Crippen LogP contribution in [0.4, 0.5) is 23.7 Å². The molecule has 0 atom stereocenters. The lowest BCUT2D eigenvalue weighted by Crippen LogP contribution is -2.36. The number of rotatable bonds is 3. The van der Waals surface area contributed by atoms with E-state index in [1.807, 2.05) is 12.2 Å². The molecule has 0 unspecified atom stereocenters. The second-order valence-electron chi connectivity index (χ2n) is 6.11. The molecule has 26 heavy (non-hydrogen) atoms. The summed E-state index contributed by atoms with van der Waals surface area (Å²) < 4.78 is 43.5. The fourth-order valence-corrected chi connectivity index (χ4v) is 2.93. The van der Waals surface area contributed by atoms with Crippen LogP contribution in [0.3, 0.4) is 0 Å². The highest BCUT2D eigenvalue weighted by atomic mass is 19.4. The summed E-state index contributed by atoms with van der Waals surface area (Å²) in [5, 5.41) is 5.13. The van der Waals surface area contributed by atoms with E-state index in [0.717, 1.165) is 37.3 Å². The minimum atomic E-state index is -4.44. The Balaban J connectivity index is 1.57. The van der Waals surface area contributed by atoms with Crippen molar-refractivity contribution in [2.24, 2.45) is 0 Å². The minimum Gasteiger partial charge on any atom is -0.378 e. The summed E-state index contributed by atoms with van der Waals surface area (Å²) in [5.74, 6) is 0. The monoisotopic (exact) mass is 367 g/mol. The maximum absolute atomic E-state index is 12.7.